The van der Waals surface area contributed by atoms with Gasteiger partial charge >= 0.3 is 0 Å². The number of benzene rings is 2. The first-order valence-electron chi connectivity index (χ1n) is 9.02. The van der Waals surface area contributed by atoms with Gasteiger partial charge in [0.05, 0.1) is 28.2 Å². The Kier molecular flexibility index (Phi) is 5.37. The molecule has 0 saturated carbocycles. The van der Waals surface area contributed by atoms with Gasteiger partial charge < -0.3 is 25.2 Å². The zero-order valence-corrected chi connectivity index (χ0v) is 16.2. The van der Waals surface area contributed by atoms with Gasteiger partial charge in [-0.25, -0.2) is 9.37 Å². The minimum Gasteiger partial charge on any atom is -0.386 e. The van der Waals surface area contributed by atoms with E-state index in [1.807, 2.05) is 18.2 Å². The molecule has 4 aromatic rings. The number of halogens is 2. The van der Waals surface area contributed by atoms with Crippen molar-refractivity contribution in [2.45, 2.75) is 25.6 Å². The van der Waals surface area contributed by atoms with E-state index in [4.69, 9.17) is 16.1 Å². The highest BCUT2D eigenvalue weighted by atomic mass is 35.5. The summed E-state index contributed by atoms with van der Waals surface area (Å²) in [6, 6.07) is 11.4. The maximum absolute atomic E-state index is 13.7. The Bertz CT molecular complexity index is 1120. The second-order valence-electron chi connectivity index (χ2n) is 6.69. The normalized spacial score (nSPS) is 13.4. The van der Waals surface area contributed by atoms with Crippen LogP contribution in [0.5, 0.6) is 0 Å². The molecule has 2 atom stereocenters. The predicted molar refractivity (Wildman–Crippen MR) is 109 cm³/mol. The van der Waals surface area contributed by atoms with Gasteiger partial charge in [-0.1, -0.05) is 35.0 Å². The van der Waals surface area contributed by atoms with Crippen molar-refractivity contribution >= 4 is 34.4 Å². The van der Waals surface area contributed by atoms with Crippen LogP contribution in [0.2, 0.25) is 5.02 Å². The SMILES string of the molecule is CC(Nc1nc2c(CNc3ccon3)cccc2[nH]1)C(O)c1ccc(Cl)c(F)c1. The fourth-order valence-corrected chi connectivity index (χ4v) is 3.19. The molecule has 4 N–H and O–H groups in total. The van der Waals surface area contributed by atoms with E-state index >= 15 is 0 Å². The van der Waals surface area contributed by atoms with Crippen LogP contribution in [0.1, 0.15) is 24.2 Å². The van der Waals surface area contributed by atoms with E-state index in [1.54, 1.807) is 19.1 Å². The van der Waals surface area contributed by atoms with Crippen molar-refractivity contribution in [2.24, 2.45) is 0 Å². The van der Waals surface area contributed by atoms with E-state index in [1.165, 1.54) is 18.4 Å². The summed E-state index contributed by atoms with van der Waals surface area (Å²) in [6.07, 6.45) is 0.557. The van der Waals surface area contributed by atoms with Gasteiger partial charge in [-0.05, 0) is 36.2 Å². The van der Waals surface area contributed by atoms with Crippen LogP contribution in [-0.4, -0.2) is 26.3 Å². The summed E-state index contributed by atoms with van der Waals surface area (Å²) in [5.74, 6) is 0.584. The van der Waals surface area contributed by atoms with Crippen LogP contribution in [0.15, 0.2) is 53.3 Å². The minimum absolute atomic E-state index is 0.0191. The topological polar surface area (TPSA) is 99.0 Å². The molecule has 0 radical (unpaired) electrons. The lowest BCUT2D eigenvalue weighted by molar-refractivity contribution is 0.160. The number of hydrogen-bond acceptors (Lipinski definition) is 6. The largest absolute Gasteiger partial charge is 0.386 e. The van der Waals surface area contributed by atoms with Crippen LogP contribution in [0, 0.1) is 5.82 Å². The molecule has 0 aliphatic rings. The number of para-hydroxylation sites is 1. The number of nitrogens with zero attached hydrogens (tertiary/aromatic N) is 2. The maximum Gasteiger partial charge on any atom is 0.201 e. The molecule has 29 heavy (non-hydrogen) atoms. The molecular formula is C20H19ClFN5O2. The lowest BCUT2D eigenvalue weighted by atomic mass is 10.0. The number of aromatic nitrogens is 3. The van der Waals surface area contributed by atoms with Crippen molar-refractivity contribution < 1.29 is 14.0 Å². The number of anilines is 2. The highest BCUT2D eigenvalue weighted by Gasteiger charge is 2.19. The van der Waals surface area contributed by atoms with Gasteiger partial charge in [0.1, 0.15) is 12.1 Å². The average Bonchev–Trinajstić information content (AvgIpc) is 3.37. The van der Waals surface area contributed by atoms with Crippen molar-refractivity contribution in [1.29, 1.82) is 0 Å². The molecule has 0 amide bonds. The van der Waals surface area contributed by atoms with E-state index in [-0.39, 0.29) is 5.02 Å². The average molecular weight is 416 g/mol. The molecule has 0 aliphatic carbocycles. The van der Waals surface area contributed by atoms with Crippen LogP contribution in [0.3, 0.4) is 0 Å². The van der Waals surface area contributed by atoms with Crippen molar-refractivity contribution in [3.8, 4) is 0 Å². The Balaban J connectivity index is 1.50. The summed E-state index contributed by atoms with van der Waals surface area (Å²) in [7, 11) is 0. The molecular weight excluding hydrogens is 397 g/mol. The lowest BCUT2D eigenvalue weighted by Crippen LogP contribution is -2.24. The summed E-state index contributed by atoms with van der Waals surface area (Å²) in [4.78, 5) is 7.80. The van der Waals surface area contributed by atoms with E-state index in [0.717, 1.165) is 16.6 Å². The maximum atomic E-state index is 13.7. The number of rotatable bonds is 7. The predicted octanol–water partition coefficient (Wildman–Crippen LogP) is 4.49. The van der Waals surface area contributed by atoms with Crippen LogP contribution >= 0.6 is 11.6 Å². The lowest BCUT2D eigenvalue weighted by Gasteiger charge is -2.20. The number of aromatic amines is 1. The van der Waals surface area contributed by atoms with Gasteiger partial charge in [0, 0.05) is 12.6 Å². The number of nitrogens with one attached hydrogen (secondary N) is 3. The Hall–Kier alpha value is -3.10. The number of imidazole rings is 1. The van der Waals surface area contributed by atoms with E-state index < -0.39 is 18.0 Å². The molecule has 0 aliphatic heterocycles. The van der Waals surface area contributed by atoms with Crippen LogP contribution in [0.25, 0.3) is 11.0 Å². The first-order valence-corrected chi connectivity index (χ1v) is 9.40. The van der Waals surface area contributed by atoms with E-state index in [0.29, 0.717) is 23.9 Å². The van der Waals surface area contributed by atoms with Gasteiger partial charge in [-0.3, -0.25) is 0 Å². The Morgan fingerprint density at radius 1 is 1.28 bits per heavy atom. The van der Waals surface area contributed by atoms with Crippen molar-refractivity contribution in [3.63, 3.8) is 0 Å². The minimum atomic E-state index is -0.941. The quantitative estimate of drug-likeness (QED) is 0.355. The fraction of sp³-hybridized carbons (Fsp3) is 0.200. The summed E-state index contributed by atoms with van der Waals surface area (Å²) in [6.45, 7) is 2.31. The molecule has 4 rings (SSSR count). The van der Waals surface area contributed by atoms with Crippen LogP contribution in [-0.2, 0) is 6.54 Å². The molecule has 150 valence electrons. The number of aliphatic hydroxyl groups is 1. The molecule has 7 nitrogen and oxygen atoms in total. The van der Waals surface area contributed by atoms with Gasteiger partial charge in [-0.2, -0.15) is 0 Å². The van der Waals surface area contributed by atoms with Crippen molar-refractivity contribution in [2.75, 3.05) is 10.6 Å². The molecule has 2 aromatic heterocycles. The Morgan fingerprint density at radius 2 is 2.14 bits per heavy atom. The van der Waals surface area contributed by atoms with Gasteiger partial charge in [0.15, 0.2) is 5.82 Å². The third-order valence-electron chi connectivity index (χ3n) is 4.62. The van der Waals surface area contributed by atoms with Crippen molar-refractivity contribution in [1.82, 2.24) is 15.1 Å². The van der Waals surface area contributed by atoms with Gasteiger partial charge in [-0.15, -0.1) is 0 Å². The van der Waals surface area contributed by atoms with Crippen LogP contribution in [0.4, 0.5) is 16.2 Å². The molecule has 2 heterocycles. The number of aliphatic hydroxyl groups excluding tert-OH is 1. The fourth-order valence-electron chi connectivity index (χ4n) is 3.07. The van der Waals surface area contributed by atoms with Crippen LogP contribution < -0.4 is 10.6 Å². The summed E-state index contributed by atoms with van der Waals surface area (Å²) in [5.41, 5.74) is 3.06. The summed E-state index contributed by atoms with van der Waals surface area (Å²) >= 11 is 5.71. The second kappa shape index (κ2) is 8.10. The first kappa shape index (κ1) is 19.2. The monoisotopic (exact) mass is 415 g/mol. The van der Waals surface area contributed by atoms with E-state index in [2.05, 4.69) is 25.8 Å². The first-order chi connectivity index (χ1) is 14.0. The smallest absolute Gasteiger partial charge is 0.201 e. The number of hydrogen-bond donors (Lipinski definition) is 4. The third-order valence-corrected chi connectivity index (χ3v) is 4.92. The standard InChI is InChI=1S/C20H19ClFN5O2/c1-11(19(28)12-5-6-14(21)15(22)9-12)24-20-25-16-4-2-3-13(18(16)26-20)10-23-17-7-8-29-27-17/h2-9,11,19,28H,10H2,1H3,(H,23,27)(H2,24,25,26). The molecule has 0 bridgehead atoms. The zero-order valence-electron chi connectivity index (χ0n) is 15.5. The zero-order chi connectivity index (χ0) is 20.4. The molecule has 9 heteroatoms. The Labute approximate surface area is 170 Å². The third kappa shape index (κ3) is 4.18. The highest BCUT2D eigenvalue weighted by Crippen LogP contribution is 2.25. The summed E-state index contributed by atoms with van der Waals surface area (Å²) in [5, 5.41) is 20.7. The molecule has 0 fully saturated rings. The molecule has 0 saturated heterocycles. The Morgan fingerprint density at radius 3 is 2.90 bits per heavy atom. The van der Waals surface area contributed by atoms with Crippen molar-refractivity contribution in [3.05, 3.63) is 70.7 Å². The van der Waals surface area contributed by atoms with E-state index in [9.17, 15) is 9.50 Å². The number of H-pyrrole nitrogens is 1. The second-order valence-corrected chi connectivity index (χ2v) is 7.10. The summed E-state index contributed by atoms with van der Waals surface area (Å²) < 4.78 is 18.5. The molecule has 2 unspecified atom stereocenters. The van der Waals surface area contributed by atoms with Gasteiger partial charge in [0.25, 0.3) is 0 Å². The highest BCUT2D eigenvalue weighted by molar-refractivity contribution is 6.30. The number of fused-ring (bicyclic) bond motifs is 1. The van der Waals surface area contributed by atoms with Gasteiger partial charge in [0.2, 0.25) is 5.95 Å². The molecule has 0 spiro atoms. The molecule has 2 aromatic carbocycles.